The van der Waals surface area contributed by atoms with Gasteiger partial charge in [0.05, 0.1) is 16.8 Å². The van der Waals surface area contributed by atoms with Crippen LogP contribution < -0.4 is 10.6 Å². The van der Waals surface area contributed by atoms with Crippen molar-refractivity contribution < 1.29 is 19.1 Å². The van der Waals surface area contributed by atoms with Gasteiger partial charge in [-0.05, 0) is 37.0 Å². The molecule has 0 aliphatic rings. The number of rotatable bonds is 5. The monoisotopic (exact) mass is 330 g/mol. The number of amides is 2. The van der Waals surface area contributed by atoms with Gasteiger partial charge < -0.3 is 15.7 Å². The Morgan fingerprint density at radius 1 is 1.36 bits per heavy atom. The highest BCUT2D eigenvalue weighted by molar-refractivity contribution is 6.41. The molecule has 0 aromatic heterocycles. The lowest BCUT2D eigenvalue weighted by Crippen LogP contribution is -2.41. The van der Waals surface area contributed by atoms with Crippen molar-refractivity contribution in [1.29, 1.82) is 0 Å². The number of benzene rings is 1. The van der Waals surface area contributed by atoms with Crippen molar-refractivity contribution in [3.63, 3.8) is 0 Å². The highest BCUT2D eigenvalue weighted by atomic mass is 35.5. The minimum absolute atomic E-state index is 0.00980. The van der Waals surface area contributed by atoms with Crippen LogP contribution in [-0.4, -0.2) is 29.6 Å². The van der Waals surface area contributed by atoms with Gasteiger partial charge in [0, 0.05) is 6.54 Å². The number of carbonyl (C=O) groups excluding carboxylic acids is 2. The van der Waals surface area contributed by atoms with E-state index in [9.17, 15) is 19.1 Å². The summed E-state index contributed by atoms with van der Waals surface area (Å²) in [5, 5.41) is 14.2. The average Bonchev–Trinajstić information content (AvgIpc) is 2.37. The number of halogens is 2. The number of aliphatic hydroxyl groups is 1. The summed E-state index contributed by atoms with van der Waals surface area (Å²) in [6, 6.07) is 3.45. The lowest BCUT2D eigenvalue weighted by molar-refractivity contribution is -0.136. The van der Waals surface area contributed by atoms with Gasteiger partial charge in [0.25, 0.3) is 0 Å². The maximum atomic E-state index is 12.9. The number of carbonyl (C=O) groups is 2. The molecule has 0 aliphatic heterocycles. The third-order valence-corrected chi connectivity index (χ3v) is 3.27. The second-order valence-corrected chi connectivity index (χ2v) is 6.39. The van der Waals surface area contributed by atoms with Gasteiger partial charge in [0.1, 0.15) is 5.82 Å². The van der Waals surface area contributed by atoms with E-state index < -0.39 is 23.7 Å². The lowest BCUT2D eigenvalue weighted by Gasteiger charge is -2.26. The summed E-state index contributed by atoms with van der Waals surface area (Å²) in [5.41, 5.74) is -0.191. The Labute approximate surface area is 133 Å². The Morgan fingerprint density at radius 3 is 2.55 bits per heavy atom. The van der Waals surface area contributed by atoms with Crippen LogP contribution in [0.5, 0.6) is 0 Å². The molecular weight excluding hydrogens is 311 g/mol. The third kappa shape index (κ3) is 5.99. The molecular formula is C15H20ClFN2O3. The lowest BCUT2D eigenvalue weighted by atomic mass is 9.87. The molecule has 0 radical (unpaired) electrons. The van der Waals surface area contributed by atoms with E-state index in [1.807, 2.05) is 13.8 Å². The first-order chi connectivity index (χ1) is 10.1. The van der Waals surface area contributed by atoms with Crippen LogP contribution >= 0.6 is 11.6 Å². The van der Waals surface area contributed by atoms with Crippen LogP contribution in [-0.2, 0) is 9.59 Å². The minimum atomic E-state index is -0.888. The molecule has 0 heterocycles. The quantitative estimate of drug-likeness (QED) is 0.725. The zero-order valence-corrected chi connectivity index (χ0v) is 13.5. The second kappa shape index (κ2) is 7.56. The zero-order valence-electron chi connectivity index (χ0n) is 12.7. The summed E-state index contributed by atoms with van der Waals surface area (Å²) in [7, 11) is 0. The van der Waals surface area contributed by atoms with E-state index in [4.69, 9.17) is 11.6 Å². The smallest absolute Gasteiger partial charge is 0.313 e. The Morgan fingerprint density at radius 2 is 2.00 bits per heavy atom. The van der Waals surface area contributed by atoms with Crippen LogP contribution in [0.3, 0.4) is 0 Å². The zero-order chi connectivity index (χ0) is 16.9. The largest absolute Gasteiger partial charge is 0.393 e. The molecule has 1 rings (SSSR count). The van der Waals surface area contributed by atoms with E-state index in [0.29, 0.717) is 6.42 Å². The van der Waals surface area contributed by atoms with Crippen molar-refractivity contribution in [2.24, 2.45) is 5.41 Å². The molecule has 0 spiro atoms. The van der Waals surface area contributed by atoms with E-state index >= 15 is 0 Å². The topological polar surface area (TPSA) is 78.4 Å². The van der Waals surface area contributed by atoms with Crippen LogP contribution in [0.1, 0.15) is 27.2 Å². The summed E-state index contributed by atoms with van der Waals surface area (Å²) in [5.74, 6) is -2.24. The Balaban J connectivity index is 2.57. The van der Waals surface area contributed by atoms with Crippen molar-refractivity contribution in [3.8, 4) is 0 Å². The number of aliphatic hydroxyl groups excluding tert-OH is 1. The Kier molecular flexibility index (Phi) is 6.32. The third-order valence-electron chi connectivity index (χ3n) is 2.96. The van der Waals surface area contributed by atoms with E-state index in [1.165, 1.54) is 6.07 Å². The fourth-order valence-electron chi connectivity index (χ4n) is 2.04. The molecule has 2 amide bonds. The van der Waals surface area contributed by atoms with Crippen molar-refractivity contribution in [3.05, 3.63) is 29.0 Å². The predicted molar refractivity (Wildman–Crippen MR) is 83.1 cm³/mol. The molecule has 1 aromatic carbocycles. The maximum absolute atomic E-state index is 12.9. The van der Waals surface area contributed by atoms with Crippen molar-refractivity contribution >= 4 is 29.1 Å². The molecule has 5 nitrogen and oxygen atoms in total. The van der Waals surface area contributed by atoms with Gasteiger partial charge >= 0.3 is 11.8 Å². The normalized spacial score (nSPS) is 12.6. The molecule has 122 valence electrons. The fraction of sp³-hybridized carbons (Fsp3) is 0.467. The van der Waals surface area contributed by atoms with Gasteiger partial charge in [-0.15, -0.1) is 0 Å². The molecule has 1 aromatic rings. The molecule has 22 heavy (non-hydrogen) atoms. The number of hydrogen-bond acceptors (Lipinski definition) is 3. The molecule has 0 saturated carbocycles. The SMILES string of the molecule is CC(O)CC(C)(C)CNC(=O)C(=O)Nc1ccc(F)cc1Cl. The van der Waals surface area contributed by atoms with Crippen molar-refractivity contribution in [2.75, 3.05) is 11.9 Å². The van der Waals surface area contributed by atoms with Crippen LogP contribution in [0.15, 0.2) is 18.2 Å². The van der Waals surface area contributed by atoms with Crippen LogP contribution in [0.25, 0.3) is 0 Å². The molecule has 1 unspecified atom stereocenters. The Bertz CT molecular complexity index is 562. The molecule has 0 fully saturated rings. The van der Waals surface area contributed by atoms with E-state index in [1.54, 1.807) is 6.92 Å². The Hall–Kier alpha value is -1.66. The number of nitrogens with one attached hydrogen (secondary N) is 2. The van der Waals surface area contributed by atoms with Gasteiger partial charge in [-0.3, -0.25) is 9.59 Å². The van der Waals surface area contributed by atoms with E-state index in [-0.39, 0.29) is 22.7 Å². The number of anilines is 1. The fourth-order valence-corrected chi connectivity index (χ4v) is 2.26. The van der Waals surface area contributed by atoms with Crippen molar-refractivity contribution in [2.45, 2.75) is 33.3 Å². The summed E-state index contributed by atoms with van der Waals surface area (Å²) in [6.07, 6.45) is -0.0163. The maximum Gasteiger partial charge on any atom is 0.313 e. The summed E-state index contributed by atoms with van der Waals surface area (Å²) < 4.78 is 12.9. The molecule has 0 bridgehead atoms. The molecule has 1 atom stereocenters. The highest BCUT2D eigenvalue weighted by Gasteiger charge is 2.23. The van der Waals surface area contributed by atoms with Crippen molar-refractivity contribution in [1.82, 2.24) is 5.32 Å². The first kappa shape index (κ1) is 18.4. The van der Waals surface area contributed by atoms with Gasteiger partial charge in [0.2, 0.25) is 0 Å². The standard InChI is InChI=1S/C15H20ClFN2O3/c1-9(20)7-15(2,3)8-18-13(21)14(22)19-12-5-4-10(17)6-11(12)16/h4-6,9,20H,7-8H2,1-3H3,(H,18,21)(H,19,22). The van der Waals surface area contributed by atoms with Crippen LogP contribution in [0.4, 0.5) is 10.1 Å². The average molecular weight is 331 g/mol. The van der Waals surface area contributed by atoms with Gasteiger partial charge in [-0.25, -0.2) is 4.39 Å². The highest BCUT2D eigenvalue weighted by Crippen LogP contribution is 2.23. The predicted octanol–water partition coefficient (Wildman–Crippen LogP) is 2.33. The first-order valence-electron chi connectivity index (χ1n) is 6.83. The van der Waals surface area contributed by atoms with Gasteiger partial charge in [0.15, 0.2) is 0 Å². The number of hydrogen-bond donors (Lipinski definition) is 3. The van der Waals surface area contributed by atoms with Crippen LogP contribution in [0.2, 0.25) is 5.02 Å². The van der Waals surface area contributed by atoms with Crippen LogP contribution in [0, 0.1) is 11.2 Å². The first-order valence-corrected chi connectivity index (χ1v) is 7.21. The van der Waals surface area contributed by atoms with E-state index in [0.717, 1.165) is 12.1 Å². The van der Waals surface area contributed by atoms with Gasteiger partial charge in [-0.2, -0.15) is 0 Å². The second-order valence-electron chi connectivity index (χ2n) is 5.98. The summed E-state index contributed by atoms with van der Waals surface area (Å²) >= 11 is 5.77. The molecule has 0 aliphatic carbocycles. The summed E-state index contributed by atoms with van der Waals surface area (Å²) in [6.45, 7) is 5.64. The minimum Gasteiger partial charge on any atom is -0.393 e. The molecule has 7 heteroatoms. The molecule has 3 N–H and O–H groups in total. The van der Waals surface area contributed by atoms with E-state index in [2.05, 4.69) is 10.6 Å². The summed E-state index contributed by atoms with van der Waals surface area (Å²) in [4.78, 5) is 23.5. The van der Waals surface area contributed by atoms with Gasteiger partial charge in [-0.1, -0.05) is 25.4 Å². The molecule has 0 saturated heterocycles.